The van der Waals surface area contributed by atoms with Crippen molar-refractivity contribution in [1.29, 1.82) is 0 Å². The van der Waals surface area contributed by atoms with E-state index in [9.17, 15) is 18.4 Å². The second-order valence-electron chi connectivity index (χ2n) is 9.74. The van der Waals surface area contributed by atoms with Crippen LogP contribution in [-0.4, -0.2) is 72.8 Å². The van der Waals surface area contributed by atoms with Crippen molar-refractivity contribution in [2.45, 2.75) is 37.0 Å². The zero-order valence-corrected chi connectivity index (χ0v) is 22.9. The van der Waals surface area contributed by atoms with Gasteiger partial charge in [-0.3, -0.25) is 14.9 Å². The molecule has 1 N–H and O–H groups in total. The molecule has 0 spiro atoms. The molecule has 11 heteroatoms. The molecule has 3 heterocycles. The second kappa shape index (κ2) is 12.9. The summed E-state index contributed by atoms with van der Waals surface area (Å²) < 4.78 is 38.3. The zero-order chi connectivity index (χ0) is 28.0. The average molecular weight is 568 g/mol. The highest BCUT2D eigenvalue weighted by molar-refractivity contribution is 7.90. The lowest BCUT2D eigenvalue weighted by Crippen LogP contribution is -2.35. The minimum atomic E-state index is -3.84. The number of aromatic nitrogens is 1. The Kier molecular flexibility index (Phi) is 9.10. The van der Waals surface area contributed by atoms with Gasteiger partial charge >= 0.3 is 0 Å². The van der Waals surface area contributed by atoms with E-state index in [0.29, 0.717) is 18.6 Å². The third-order valence-corrected chi connectivity index (χ3v) is 8.50. The third kappa shape index (κ3) is 7.05. The summed E-state index contributed by atoms with van der Waals surface area (Å²) in [6.45, 7) is 4.68. The van der Waals surface area contributed by atoms with Gasteiger partial charge in [-0.15, -0.1) is 0 Å². The Labute approximate surface area is 233 Å². The van der Waals surface area contributed by atoms with Crippen molar-refractivity contribution >= 4 is 22.0 Å². The number of carbonyl (C=O) groups excluding carboxylic acids is 1. The topological polar surface area (TPSA) is 111 Å². The highest BCUT2D eigenvalue weighted by atomic mass is 32.2. The molecular weight excluding hydrogens is 534 g/mol. The molecule has 212 valence electrons. The fourth-order valence-corrected chi connectivity index (χ4v) is 5.84. The molecule has 2 saturated heterocycles. The third-order valence-electron chi connectivity index (χ3n) is 6.85. The summed E-state index contributed by atoms with van der Waals surface area (Å²) >= 11 is 0. The average Bonchev–Trinajstić information content (AvgIpc) is 3.47. The summed E-state index contributed by atoms with van der Waals surface area (Å²) in [6.07, 6.45) is 7.00. The van der Waals surface area contributed by atoms with Crippen molar-refractivity contribution in [3.8, 4) is 11.1 Å². The van der Waals surface area contributed by atoms with Crippen molar-refractivity contribution in [2.75, 3.05) is 32.9 Å². The van der Waals surface area contributed by atoms with Gasteiger partial charge < -0.3 is 9.47 Å². The fraction of sp³-hybridized carbons (Fsp3) is 0.345. The lowest BCUT2D eigenvalue weighted by atomic mass is 10.0. The summed E-state index contributed by atoms with van der Waals surface area (Å²) in [6, 6.07) is 16.6. The summed E-state index contributed by atoms with van der Waals surface area (Å²) in [5, 5.41) is 9.99. The lowest BCUT2D eigenvalue weighted by molar-refractivity contribution is -0.376. The van der Waals surface area contributed by atoms with Gasteiger partial charge in [0, 0.05) is 51.1 Å². The standard InChI is InChI=1S/C29H33N3O7S/c33-28(32(34)39-29-6-1-2-17-38-29)12-7-23-13-14-31(22-23)40(35,36)27-10-8-25(9-11-27)26-5-3-4-24(20-26)21-30-15-18-37-19-16-30/h3-5,7-14,20,22,29,34H,1-2,6,15-19,21H2/b12-7+. The van der Waals surface area contributed by atoms with Gasteiger partial charge in [-0.2, -0.15) is 0 Å². The van der Waals surface area contributed by atoms with Crippen LogP contribution in [0.15, 0.2) is 78.0 Å². The summed E-state index contributed by atoms with van der Waals surface area (Å²) in [5.74, 6) is -0.811. The number of hydrogen-bond donors (Lipinski definition) is 1. The molecule has 1 atom stereocenters. The molecule has 40 heavy (non-hydrogen) atoms. The molecule has 1 aromatic heterocycles. The molecule has 3 aromatic rings. The van der Waals surface area contributed by atoms with Crippen molar-refractivity contribution in [2.24, 2.45) is 0 Å². The predicted molar refractivity (Wildman–Crippen MR) is 147 cm³/mol. The maximum Gasteiger partial charge on any atom is 0.296 e. The Morgan fingerprint density at radius 2 is 1.85 bits per heavy atom. The van der Waals surface area contributed by atoms with Crippen molar-refractivity contribution in [1.82, 2.24) is 14.1 Å². The first-order chi connectivity index (χ1) is 19.4. The molecular formula is C29H33N3O7S. The van der Waals surface area contributed by atoms with Gasteiger partial charge in [0.15, 0.2) is 6.29 Å². The lowest BCUT2D eigenvalue weighted by Gasteiger charge is -2.26. The van der Waals surface area contributed by atoms with Crippen LogP contribution < -0.4 is 0 Å². The summed E-state index contributed by atoms with van der Waals surface area (Å²) in [5.41, 5.74) is 3.60. The van der Waals surface area contributed by atoms with Crippen LogP contribution in [0.1, 0.15) is 30.4 Å². The molecule has 2 aromatic carbocycles. The highest BCUT2D eigenvalue weighted by Crippen LogP contribution is 2.24. The molecule has 0 saturated carbocycles. The Hall–Kier alpha value is -3.32. The number of ether oxygens (including phenoxy) is 2. The molecule has 0 radical (unpaired) electrons. The summed E-state index contributed by atoms with van der Waals surface area (Å²) in [7, 11) is -3.84. The number of hydrogen-bond acceptors (Lipinski definition) is 8. The SMILES string of the molecule is O=C(/C=C/c1ccn(S(=O)(=O)c2ccc(-c3cccc(CN4CCOCC4)c3)cc2)c1)N(O)OC1CCCCO1. The molecule has 10 nitrogen and oxygen atoms in total. The number of carbonyl (C=O) groups is 1. The highest BCUT2D eigenvalue weighted by Gasteiger charge is 2.21. The van der Waals surface area contributed by atoms with Crippen LogP contribution in [0.3, 0.4) is 0 Å². The minimum Gasteiger partial charge on any atom is -0.379 e. The first kappa shape index (κ1) is 28.2. The van der Waals surface area contributed by atoms with Crippen LogP contribution in [0.2, 0.25) is 0 Å². The van der Waals surface area contributed by atoms with E-state index in [4.69, 9.17) is 14.3 Å². The minimum absolute atomic E-state index is 0.139. The van der Waals surface area contributed by atoms with Gasteiger partial charge in [0.1, 0.15) is 0 Å². The number of rotatable bonds is 9. The quantitative estimate of drug-likeness (QED) is 0.235. The molecule has 0 bridgehead atoms. The van der Waals surface area contributed by atoms with Crippen molar-refractivity contribution < 1.29 is 32.7 Å². The zero-order valence-electron chi connectivity index (χ0n) is 22.1. The van der Waals surface area contributed by atoms with Crippen LogP contribution in [0.25, 0.3) is 17.2 Å². The normalized spacial score (nSPS) is 18.7. The van der Waals surface area contributed by atoms with E-state index >= 15 is 0 Å². The van der Waals surface area contributed by atoms with Crippen LogP contribution in [0, 0.1) is 0 Å². The maximum absolute atomic E-state index is 13.2. The van der Waals surface area contributed by atoms with E-state index in [1.54, 1.807) is 30.3 Å². The first-order valence-corrected chi connectivity index (χ1v) is 14.7. The smallest absolute Gasteiger partial charge is 0.296 e. The van der Waals surface area contributed by atoms with E-state index in [2.05, 4.69) is 17.0 Å². The largest absolute Gasteiger partial charge is 0.379 e. The molecule has 1 amide bonds. The number of nitrogens with zero attached hydrogens (tertiary/aromatic N) is 3. The first-order valence-electron chi connectivity index (χ1n) is 13.3. The molecule has 2 fully saturated rings. The number of hydroxylamine groups is 2. The molecule has 2 aliphatic heterocycles. The van der Waals surface area contributed by atoms with E-state index in [-0.39, 0.29) is 10.1 Å². The van der Waals surface area contributed by atoms with Crippen molar-refractivity contribution in [3.05, 3.63) is 84.2 Å². The molecule has 1 unspecified atom stereocenters. The molecule has 5 rings (SSSR count). The van der Waals surface area contributed by atoms with Crippen LogP contribution >= 0.6 is 0 Å². The van der Waals surface area contributed by atoms with E-state index < -0.39 is 22.2 Å². The van der Waals surface area contributed by atoms with E-state index in [0.717, 1.165) is 66.9 Å². The Morgan fingerprint density at radius 3 is 2.60 bits per heavy atom. The van der Waals surface area contributed by atoms with Gasteiger partial charge in [-0.25, -0.2) is 17.2 Å². The van der Waals surface area contributed by atoms with Gasteiger partial charge in [0.2, 0.25) is 0 Å². The van der Waals surface area contributed by atoms with Crippen LogP contribution in [0.4, 0.5) is 0 Å². The van der Waals surface area contributed by atoms with Gasteiger partial charge in [0.25, 0.3) is 15.9 Å². The van der Waals surface area contributed by atoms with Gasteiger partial charge in [-0.1, -0.05) is 35.6 Å². The maximum atomic E-state index is 13.2. The van der Waals surface area contributed by atoms with Crippen molar-refractivity contribution in [3.63, 3.8) is 0 Å². The predicted octanol–water partition coefficient (Wildman–Crippen LogP) is 3.91. The second-order valence-corrected chi connectivity index (χ2v) is 11.6. The number of morpholine rings is 1. The van der Waals surface area contributed by atoms with Crippen LogP contribution in [0.5, 0.6) is 0 Å². The molecule has 2 aliphatic rings. The van der Waals surface area contributed by atoms with E-state index in [1.165, 1.54) is 24.0 Å². The summed E-state index contributed by atoms with van der Waals surface area (Å²) in [4.78, 5) is 19.8. The van der Waals surface area contributed by atoms with Gasteiger partial charge in [-0.05, 0) is 65.4 Å². The Balaban J connectivity index is 1.22. The Bertz CT molecular complexity index is 1420. The number of benzene rings is 2. The fourth-order valence-electron chi connectivity index (χ4n) is 4.64. The number of amides is 1. The Morgan fingerprint density at radius 1 is 1.05 bits per heavy atom. The molecule has 0 aliphatic carbocycles. The van der Waals surface area contributed by atoms with Crippen LogP contribution in [-0.2, 0) is 35.7 Å². The van der Waals surface area contributed by atoms with Gasteiger partial charge in [0.05, 0.1) is 18.1 Å². The van der Waals surface area contributed by atoms with E-state index in [1.807, 2.05) is 12.1 Å². The monoisotopic (exact) mass is 567 g/mol.